The Balaban J connectivity index is 0.00000196. The number of benzene rings is 1. The smallest absolute Gasteiger partial charge is 0.238 e. The molecule has 1 aromatic rings. The van der Waals surface area contributed by atoms with Gasteiger partial charge in [0, 0.05) is 23.3 Å². The number of nitrogens with zero attached hydrogens (tertiary/aromatic N) is 1. The van der Waals surface area contributed by atoms with Crippen LogP contribution >= 0.6 is 24.8 Å². The van der Waals surface area contributed by atoms with Crippen LogP contribution in [-0.2, 0) is 9.59 Å². The molecule has 3 rings (SSSR count). The Morgan fingerprint density at radius 1 is 1.00 bits per heavy atom. The second kappa shape index (κ2) is 12.3. The fourth-order valence-corrected chi connectivity index (χ4v) is 3.87. The molecule has 1 saturated heterocycles. The van der Waals surface area contributed by atoms with Crippen LogP contribution in [-0.4, -0.2) is 42.4 Å². The second-order valence-electron chi connectivity index (χ2n) is 7.58. The number of nitrogens with one attached hydrogen (secondary N) is 2. The molecule has 1 saturated carbocycles. The van der Waals surface area contributed by atoms with Gasteiger partial charge in [0.05, 0.1) is 6.54 Å². The van der Waals surface area contributed by atoms with Gasteiger partial charge >= 0.3 is 0 Å². The number of nitrogens with two attached hydrogens (primary N) is 1. The molecule has 28 heavy (non-hydrogen) atoms. The molecule has 0 radical (unpaired) electrons. The topological polar surface area (TPSA) is 87.5 Å². The van der Waals surface area contributed by atoms with Crippen molar-refractivity contribution in [1.82, 2.24) is 4.90 Å². The van der Waals surface area contributed by atoms with E-state index in [4.69, 9.17) is 5.73 Å². The van der Waals surface area contributed by atoms with Gasteiger partial charge in [-0.25, -0.2) is 0 Å². The average Bonchev–Trinajstić information content (AvgIpc) is 2.88. The molecular formula is C20H32Cl2N4O2. The van der Waals surface area contributed by atoms with Gasteiger partial charge in [-0.2, -0.15) is 0 Å². The Hall–Kier alpha value is -1.34. The van der Waals surface area contributed by atoms with Gasteiger partial charge in [0.2, 0.25) is 11.8 Å². The number of hydrogen-bond donors (Lipinski definition) is 3. The molecule has 1 aliphatic heterocycles. The summed E-state index contributed by atoms with van der Waals surface area (Å²) in [5, 5.41) is 5.90. The first-order valence-corrected chi connectivity index (χ1v) is 9.79. The fraction of sp³-hybridized carbons (Fsp3) is 0.600. The summed E-state index contributed by atoms with van der Waals surface area (Å²) in [5.41, 5.74) is 7.32. The molecule has 158 valence electrons. The van der Waals surface area contributed by atoms with Gasteiger partial charge in [0.25, 0.3) is 0 Å². The third-order valence-corrected chi connectivity index (χ3v) is 5.32. The van der Waals surface area contributed by atoms with Crippen molar-refractivity contribution in [3.63, 3.8) is 0 Å². The molecule has 2 amide bonds. The van der Waals surface area contributed by atoms with E-state index in [1.807, 2.05) is 24.3 Å². The van der Waals surface area contributed by atoms with Crippen molar-refractivity contribution >= 4 is 48.0 Å². The van der Waals surface area contributed by atoms with Crippen LogP contribution in [0.1, 0.15) is 44.9 Å². The van der Waals surface area contributed by atoms with Crippen LogP contribution < -0.4 is 16.4 Å². The van der Waals surface area contributed by atoms with E-state index in [0.717, 1.165) is 32.4 Å². The van der Waals surface area contributed by atoms with Crippen molar-refractivity contribution in [1.29, 1.82) is 0 Å². The summed E-state index contributed by atoms with van der Waals surface area (Å²) in [6.07, 6.45) is 7.35. The number of rotatable bonds is 5. The van der Waals surface area contributed by atoms with E-state index in [1.165, 1.54) is 25.7 Å². The maximum Gasteiger partial charge on any atom is 0.238 e. The van der Waals surface area contributed by atoms with Gasteiger partial charge in [-0.1, -0.05) is 18.9 Å². The number of hydrogen-bond acceptors (Lipinski definition) is 4. The molecule has 6 nitrogen and oxygen atoms in total. The molecule has 8 heteroatoms. The third-order valence-electron chi connectivity index (χ3n) is 5.32. The van der Waals surface area contributed by atoms with Crippen molar-refractivity contribution in [2.24, 2.45) is 11.7 Å². The number of halogens is 2. The Morgan fingerprint density at radius 2 is 1.64 bits per heavy atom. The van der Waals surface area contributed by atoms with Crippen LogP contribution in [0, 0.1) is 5.92 Å². The molecule has 2 unspecified atom stereocenters. The van der Waals surface area contributed by atoms with Crippen LogP contribution in [0.25, 0.3) is 0 Å². The summed E-state index contributed by atoms with van der Waals surface area (Å²) in [7, 11) is 0. The third kappa shape index (κ3) is 7.59. The van der Waals surface area contributed by atoms with Gasteiger partial charge < -0.3 is 16.4 Å². The molecule has 2 aliphatic rings. The SMILES string of the molecule is Cl.Cl.NC1CCC(C(=O)Nc2cccc(NC(=O)CN3CCCCCC3)c2)C1. The van der Waals surface area contributed by atoms with Gasteiger partial charge in [-0.15, -0.1) is 24.8 Å². The Kier molecular flexibility index (Phi) is 10.8. The van der Waals surface area contributed by atoms with Gasteiger partial charge in [0.15, 0.2) is 0 Å². The zero-order valence-corrected chi connectivity index (χ0v) is 17.8. The normalized spacial score (nSPS) is 22.3. The van der Waals surface area contributed by atoms with E-state index < -0.39 is 0 Å². The van der Waals surface area contributed by atoms with Crippen LogP contribution in [0.2, 0.25) is 0 Å². The van der Waals surface area contributed by atoms with E-state index in [0.29, 0.717) is 17.9 Å². The summed E-state index contributed by atoms with van der Waals surface area (Å²) in [4.78, 5) is 26.9. The first kappa shape index (κ1) is 24.7. The number of likely N-dealkylation sites (tertiary alicyclic amines) is 1. The average molecular weight is 431 g/mol. The molecule has 2 fully saturated rings. The predicted molar refractivity (Wildman–Crippen MR) is 118 cm³/mol. The second-order valence-corrected chi connectivity index (χ2v) is 7.58. The van der Waals surface area contributed by atoms with Gasteiger partial charge in [-0.05, 0) is 63.4 Å². The Bertz CT molecular complexity index is 636. The molecule has 2 atom stereocenters. The van der Waals surface area contributed by atoms with Crippen molar-refractivity contribution in [2.45, 2.75) is 51.0 Å². The highest BCUT2D eigenvalue weighted by atomic mass is 35.5. The number of amides is 2. The quantitative estimate of drug-likeness (QED) is 0.667. The molecule has 4 N–H and O–H groups in total. The van der Waals surface area contributed by atoms with Crippen molar-refractivity contribution in [3.8, 4) is 0 Å². The lowest BCUT2D eigenvalue weighted by Crippen LogP contribution is -2.33. The largest absolute Gasteiger partial charge is 0.328 e. The maximum atomic E-state index is 12.3. The number of carbonyl (C=O) groups excluding carboxylic acids is 2. The Labute approximate surface area is 179 Å². The predicted octanol–water partition coefficient (Wildman–Crippen LogP) is 3.41. The summed E-state index contributed by atoms with van der Waals surface area (Å²) in [5.74, 6) is 0.00872. The first-order chi connectivity index (χ1) is 12.6. The lowest BCUT2D eigenvalue weighted by Gasteiger charge is -2.19. The molecule has 0 aromatic heterocycles. The molecular weight excluding hydrogens is 399 g/mol. The van der Waals surface area contributed by atoms with Crippen molar-refractivity contribution in [2.75, 3.05) is 30.3 Å². The van der Waals surface area contributed by atoms with Crippen LogP contribution in [0.4, 0.5) is 11.4 Å². The fourth-order valence-electron chi connectivity index (χ4n) is 3.87. The molecule has 1 aliphatic carbocycles. The minimum atomic E-state index is -0.00807. The summed E-state index contributed by atoms with van der Waals surface area (Å²) in [6.45, 7) is 2.41. The van der Waals surface area contributed by atoms with Crippen LogP contribution in [0.5, 0.6) is 0 Å². The highest BCUT2D eigenvalue weighted by molar-refractivity contribution is 5.95. The van der Waals surface area contributed by atoms with Crippen molar-refractivity contribution < 1.29 is 9.59 Å². The summed E-state index contributed by atoms with van der Waals surface area (Å²) in [6, 6.07) is 7.49. The highest BCUT2D eigenvalue weighted by Gasteiger charge is 2.27. The highest BCUT2D eigenvalue weighted by Crippen LogP contribution is 2.26. The Morgan fingerprint density at radius 3 is 2.25 bits per heavy atom. The maximum absolute atomic E-state index is 12.3. The standard InChI is InChI=1S/C20H30N4O2.2ClH/c21-16-9-8-15(12-16)20(26)23-18-7-5-6-17(13-18)22-19(25)14-24-10-3-1-2-4-11-24;;/h5-7,13,15-16H,1-4,8-12,14,21H2,(H,22,25)(H,23,26);2*1H. The van der Waals surface area contributed by atoms with Gasteiger partial charge in [-0.3, -0.25) is 14.5 Å². The van der Waals surface area contributed by atoms with E-state index in [2.05, 4.69) is 15.5 Å². The minimum Gasteiger partial charge on any atom is -0.328 e. The molecule has 0 bridgehead atoms. The van der Waals surface area contributed by atoms with Crippen LogP contribution in [0.15, 0.2) is 24.3 Å². The zero-order chi connectivity index (χ0) is 18.4. The first-order valence-electron chi connectivity index (χ1n) is 9.79. The van der Waals surface area contributed by atoms with Crippen LogP contribution in [0.3, 0.4) is 0 Å². The molecule has 1 heterocycles. The molecule has 1 aromatic carbocycles. The zero-order valence-electron chi connectivity index (χ0n) is 16.2. The lowest BCUT2D eigenvalue weighted by molar-refractivity contribution is -0.119. The monoisotopic (exact) mass is 430 g/mol. The summed E-state index contributed by atoms with van der Waals surface area (Å²) < 4.78 is 0. The van der Waals surface area contributed by atoms with E-state index >= 15 is 0 Å². The summed E-state index contributed by atoms with van der Waals surface area (Å²) >= 11 is 0. The van der Waals surface area contributed by atoms with E-state index in [-0.39, 0.29) is 48.6 Å². The number of anilines is 2. The number of carbonyl (C=O) groups is 2. The minimum absolute atomic E-state index is 0. The molecule has 0 spiro atoms. The van der Waals surface area contributed by atoms with Gasteiger partial charge in [0.1, 0.15) is 0 Å². The van der Waals surface area contributed by atoms with Crippen molar-refractivity contribution in [3.05, 3.63) is 24.3 Å². The lowest BCUT2D eigenvalue weighted by atomic mass is 10.1. The van der Waals surface area contributed by atoms with E-state index in [9.17, 15) is 9.59 Å². The van der Waals surface area contributed by atoms with E-state index in [1.54, 1.807) is 0 Å².